The maximum Gasteiger partial charge on any atom is 0.220 e. The van der Waals surface area contributed by atoms with Crippen molar-refractivity contribution in [2.45, 2.75) is 96.9 Å². The van der Waals surface area contributed by atoms with Crippen molar-refractivity contribution in [3.63, 3.8) is 0 Å². The van der Waals surface area contributed by atoms with Gasteiger partial charge in [0.1, 0.15) is 0 Å². The van der Waals surface area contributed by atoms with Gasteiger partial charge >= 0.3 is 0 Å². The van der Waals surface area contributed by atoms with Gasteiger partial charge in [0, 0.05) is 18.6 Å². The Morgan fingerprint density at radius 2 is 1.46 bits per heavy atom. The van der Waals surface area contributed by atoms with Crippen LogP contribution in [0.3, 0.4) is 0 Å². The minimum absolute atomic E-state index is 0.102. The lowest BCUT2D eigenvalue weighted by Crippen LogP contribution is -2.43. The van der Waals surface area contributed by atoms with Crippen LogP contribution in [-0.2, 0) is 4.79 Å². The summed E-state index contributed by atoms with van der Waals surface area (Å²) in [7, 11) is 0. The summed E-state index contributed by atoms with van der Waals surface area (Å²) in [6, 6.07) is 0. The van der Waals surface area contributed by atoms with Gasteiger partial charge in [-0.05, 0) is 58.8 Å². The first-order chi connectivity index (χ1) is 12.5. The summed E-state index contributed by atoms with van der Waals surface area (Å²) in [6.45, 7) is 6.16. The number of aliphatic hydroxyl groups is 1. The molecule has 0 spiro atoms. The highest BCUT2D eigenvalue weighted by Gasteiger charge is 2.18. The summed E-state index contributed by atoms with van der Waals surface area (Å²) in [5.41, 5.74) is -0.306. The smallest absolute Gasteiger partial charge is 0.220 e. The number of unbranched alkanes of at least 4 members (excludes halogenated alkanes) is 5. The van der Waals surface area contributed by atoms with Gasteiger partial charge in [0.05, 0.1) is 0 Å². The highest BCUT2D eigenvalue weighted by atomic mass is 16.3. The largest absolute Gasteiger partial charge is 0.396 e. The number of carbonyl (C=O) groups excluding carboxylic acids is 1. The standard InChI is InChI=1S/C23H41NO2/c1-4-5-6-7-8-9-10-11-12-13-14-15-16-17-18-19-22(26)24-23(2,3)20-21-25/h5-6,8-9,11-12,25H,4,7,10,13-21H2,1-3H3,(H,24,26)/b6-5-,9-8-,12-11-. The van der Waals surface area contributed by atoms with Crippen molar-refractivity contribution < 1.29 is 9.90 Å². The van der Waals surface area contributed by atoms with Crippen molar-refractivity contribution in [2.24, 2.45) is 0 Å². The van der Waals surface area contributed by atoms with Crippen molar-refractivity contribution in [1.29, 1.82) is 0 Å². The Labute approximate surface area is 161 Å². The minimum Gasteiger partial charge on any atom is -0.396 e. The van der Waals surface area contributed by atoms with Crippen LogP contribution in [0, 0.1) is 0 Å². The van der Waals surface area contributed by atoms with Crippen LogP contribution in [0.25, 0.3) is 0 Å². The van der Waals surface area contributed by atoms with Crippen molar-refractivity contribution in [2.75, 3.05) is 6.61 Å². The third-order valence-electron chi connectivity index (χ3n) is 4.27. The second-order valence-electron chi connectivity index (χ2n) is 7.51. The highest BCUT2D eigenvalue weighted by molar-refractivity contribution is 5.76. The Bertz CT molecular complexity index is 422. The van der Waals surface area contributed by atoms with Crippen LogP contribution in [0.15, 0.2) is 36.5 Å². The van der Waals surface area contributed by atoms with Crippen molar-refractivity contribution in [1.82, 2.24) is 5.32 Å². The van der Waals surface area contributed by atoms with Gasteiger partial charge in [0.2, 0.25) is 5.91 Å². The van der Waals surface area contributed by atoms with Gasteiger partial charge in [-0.2, -0.15) is 0 Å². The molecule has 0 saturated heterocycles. The third kappa shape index (κ3) is 17.5. The van der Waals surface area contributed by atoms with E-state index in [1.807, 2.05) is 13.8 Å². The molecule has 26 heavy (non-hydrogen) atoms. The van der Waals surface area contributed by atoms with Gasteiger partial charge in [0.15, 0.2) is 0 Å². The van der Waals surface area contributed by atoms with Crippen LogP contribution in [0.2, 0.25) is 0 Å². The van der Waals surface area contributed by atoms with Gasteiger partial charge in [0.25, 0.3) is 0 Å². The second-order valence-corrected chi connectivity index (χ2v) is 7.51. The van der Waals surface area contributed by atoms with Gasteiger partial charge < -0.3 is 10.4 Å². The topological polar surface area (TPSA) is 49.3 Å². The summed E-state index contributed by atoms with van der Waals surface area (Å²) >= 11 is 0. The van der Waals surface area contributed by atoms with Crippen molar-refractivity contribution >= 4 is 5.91 Å². The van der Waals surface area contributed by atoms with Crippen LogP contribution in [-0.4, -0.2) is 23.2 Å². The molecule has 1 amide bonds. The predicted molar refractivity (Wildman–Crippen MR) is 113 cm³/mol. The Kier molecular flexibility index (Phi) is 16.2. The molecule has 0 aromatic heterocycles. The molecular weight excluding hydrogens is 322 g/mol. The maximum absolute atomic E-state index is 11.9. The first-order valence-corrected chi connectivity index (χ1v) is 10.4. The molecule has 0 heterocycles. The van der Waals surface area contributed by atoms with E-state index >= 15 is 0 Å². The average molecular weight is 364 g/mol. The van der Waals surface area contributed by atoms with E-state index in [-0.39, 0.29) is 18.1 Å². The van der Waals surface area contributed by atoms with Crippen LogP contribution in [0.4, 0.5) is 0 Å². The number of aliphatic hydroxyl groups excluding tert-OH is 1. The molecule has 0 aromatic carbocycles. The van der Waals surface area contributed by atoms with E-state index in [1.54, 1.807) is 0 Å². The SMILES string of the molecule is CC/C=C\C/C=C\C/C=C\CCCCCCCC(=O)NC(C)(C)CCO. The maximum atomic E-state index is 11.9. The van der Waals surface area contributed by atoms with Gasteiger partial charge in [-0.25, -0.2) is 0 Å². The van der Waals surface area contributed by atoms with Gasteiger partial charge in [-0.1, -0.05) is 62.6 Å². The monoisotopic (exact) mass is 363 g/mol. The Hall–Kier alpha value is -1.35. The third-order valence-corrected chi connectivity index (χ3v) is 4.27. The molecule has 0 bridgehead atoms. The van der Waals surface area contributed by atoms with Gasteiger partial charge in [-0.3, -0.25) is 4.79 Å². The fourth-order valence-electron chi connectivity index (χ4n) is 2.69. The number of nitrogens with one attached hydrogen (secondary N) is 1. The molecule has 0 unspecified atom stereocenters. The first-order valence-electron chi connectivity index (χ1n) is 10.4. The molecule has 0 radical (unpaired) electrons. The normalized spacial score (nSPS) is 12.6. The lowest BCUT2D eigenvalue weighted by Gasteiger charge is -2.25. The Morgan fingerprint density at radius 1 is 0.885 bits per heavy atom. The van der Waals surface area contributed by atoms with E-state index in [9.17, 15) is 4.79 Å². The minimum atomic E-state index is -0.306. The summed E-state index contributed by atoms with van der Waals surface area (Å²) in [6.07, 6.45) is 24.6. The van der Waals surface area contributed by atoms with E-state index in [4.69, 9.17) is 5.11 Å². The van der Waals surface area contributed by atoms with Gasteiger partial charge in [-0.15, -0.1) is 0 Å². The number of rotatable bonds is 16. The van der Waals surface area contributed by atoms with E-state index in [1.165, 1.54) is 19.3 Å². The second kappa shape index (κ2) is 17.1. The summed E-state index contributed by atoms with van der Waals surface area (Å²) in [5, 5.41) is 12.0. The van der Waals surface area contributed by atoms with E-state index in [2.05, 4.69) is 48.7 Å². The predicted octanol–water partition coefficient (Wildman–Crippen LogP) is 5.85. The number of hydrogen-bond acceptors (Lipinski definition) is 2. The van der Waals surface area contributed by atoms with Crippen LogP contribution in [0.1, 0.15) is 91.4 Å². The summed E-state index contributed by atoms with van der Waals surface area (Å²) in [4.78, 5) is 11.9. The number of amides is 1. The Balaban J connectivity index is 3.47. The lowest BCUT2D eigenvalue weighted by molar-refractivity contribution is -0.122. The Morgan fingerprint density at radius 3 is 2.12 bits per heavy atom. The van der Waals surface area contributed by atoms with Crippen LogP contribution < -0.4 is 5.32 Å². The quantitative estimate of drug-likeness (QED) is 0.267. The van der Waals surface area contributed by atoms with E-state index in [0.29, 0.717) is 12.8 Å². The lowest BCUT2D eigenvalue weighted by atomic mass is 10.0. The number of carbonyl (C=O) groups is 1. The average Bonchev–Trinajstić information content (AvgIpc) is 2.57. The highest BCUT2D eigenvalue weighted by Crippen LogP contribution is 2.10. The van der Waals surface area contributed by atoms with Crippen molar-refractivity contribution in [3.8, 4) is 0 Å². The molecule has 0 aliphatic rings. The number of hydrogen-bond donors (Lipinski definition) is 2. The molecule has 3 nitrogen and oxygen atoms in total. The zero-order valence-electron chi connectivity index (χ0n) is 17.3. The molecule has 0 fully saturated rings. The summed E-state index contributed by atoms with van der Waals surface area (Å²) in [5.74, 6) is 0.102. The molecule has 0 aliphatic heterocycles. The molecule has 0 aromatic rings. The molecule has 2 N–H and O–H groups in total. The molecule has 0 atom stereocenters. The fourth-order valence-corrected chi connectivity index (χ4v) is 2.69. The zero-order chi connectivity index (χ0) is 19.5. The van der Waals surface area contributed by atoms with E-state index < -0.39 is 0 Å². The first kappa shape index (κ1) is 24.7. The fraction of sp³-hybridized carbons (Fsp3) is 0.696. The molecule has 150 valence electrons. The molecular formula is C23H41NO2. The molecule has 0 saturated carbocycles. The van der Waals surface area contributed by atoms with Crippen molar-refractivity contribution in [3.05, 3.63) is 36.5 Å². The molecule has 3 heteroatoms. The summed E-state index contributed by atoms with van der Waals surface area (Å²) < 4.78 is 0. The number of allylic oxidation sites excluding steroid dienone is 6. The van der Waals surface area contributed by atoms with E-state index in [0.717, 1.165) is 38.5 Å². The van der Waals surface area contributed by atoms with Crippen LogP contribution in [0.5, 0.6) is 0 Å². The molecule has 0 aliphatic carbocycles. The van der Waals surface area contributed by atoms with Crippen LogP contribution >= 0.6 is 0 Å². The molecule has 0 rings (SSSR count). The zero-order valence-corrected chi connectivity index (χ0v) is 17.3.